The molecular weight excluding hydrogens is 290 g/mol. The van der Waals surface area contributed by atoms with E-state index in [9.17, 15) is 4.79 Å². The zero-order valence-electron chi connectivity index (χ0n) is 13.8. The summed E-state index contributed by atoms with van der Waals surface area (Å²) in [6, 6.07) is 7.67. The number of nitrogens with one attached hydrogen (secondary N) is 2. The molecule has 0 spiro atoms. The highest BCUT2D eigenvalue weighted by atomic mass is 16.5. The van der Waals surface area contributed by atoms with Gasteiger partial charge in [0.15, 0.2) is 0 Å². The predicted octanol–water partition coefficient (Wildman–Crippen LogP) is 3.40. The molecule has 0 atom stereocenters. The summed E-state index contributed by atoms with van der Waals surface area (Å²) in [6.07, 6.45) is 4.17. The van der Waals surface area contributed by atoms with Gasteiger partial charge in [-0.2, -0.15) is 0 Å². The van der Waals surface area contributed by atoms with Crippen molar-refractivity contribution >= 4 is 17.3 Å². The van der Waals surface area contributed by atoms with Gasteiger partial charge in [-0.25, -0.2) is 0 Å². The van der Waals surface area contributed by atoms with Gasteiger partial charge in [0.25, 0.3) is 5.91 Å². The molecule has 0 saturated carbocycles. The van der Waals surface area contributed by atoms with Crippen LogP contribution in [0, 0.1) is 13.8 Å². The molecule has 2 N–H and O–H groups in total. The lowest BCUT2D eigenvalue weighted by Gasteiger charge is -2.09. The van der Waals surface area contributed by atoms with E-state index in [4.69, 9.17) is 4.74 Å². The Kier molecular flexibility index (Phi) is 6.11. The van der Waals surface area contributed by atoms with E-state index in [1.165, 1.54) is 5.56 Å². The Labute approximate surface area is 137 Å². The van der Waals surface area contributed by atoms with Crippen LogP contribution in [0.5, 0.6) is 0 Å². The maximum Gasteiger partial charge on any atom is 0.257 e. The molecule has 122 valence electrons. The molecule has 0 fully saturated rings. The van der Waals surface area contributed by atoms with Crippen LogP contribution in [0.3, 0.4) is 0 Å². The molecule has 5 nitrogen and oxygen atoms in total. The first-order valence-corrected chi connectivity index (χ1v) is 7.66. The molecule has 1 amide bonds. The van der Waals surface area contributed by atoms with Crippen molar-refractivity contribution in [3.8, 4) is 0 Å². The lowest BCUT2D eigenvalue weighted by Crippen LogP contribution is -2.13. The second kappa shape index (κ2) is 8.29. The van der Waals surface area contributed by atoms with Crippen molar-refractivity contribution < 1.29 is 9.53 Å². The summed E-state index contributed by atoms with van der Waals surface area (Å²) in [4.78, 5) is 16.5. The van der Waals surface area contributed by atoms with Gasteiger partial charge in [-0.15, -0.1) is 0 Å². The van der Waals surface area contributed by atoms with Crippen molar-refractivity contribution in [1.29, 1.82) is 0 Å². The standard InChI is InChI=1S/C18H23N3O2/c1-13-5-6-16(9-14(13)2)21-18(22)15-10-17(12-19-11-15)20-7-4-8-23-3/h5-6,9-12,20H,4,7-8H2,1-3H3,(H,21,22). The van der Waals surface area contributed by atoms with Crippen molar-refractivity contribution in [3.63, 3.8) is 0 Å². The summed E-state index contributed by atoms with van der Waals surface area (Å²) in [7, 11) is 1.68. The first-order chi connectivity index (χ1) is 11.1. The number of hydrogen-bond acceptors (Lipinski definition) is 4. The molecule has 0 unspecified atom stereocenters. The van der Waals surface area contributed by atoms with Crippen LogP contribution >= 0.6 is 0 Å². The van der Waals surface area contributed by atoms with Crippen LogP contribution in [-0.4, -0.2) is 31.2 Å². The Hall–Kier alpha value is -2.40. The maximum atomic E-state index is 12.3. The Morgan fingerprint density at radius 1 is 1.13 bits per heavy atom. The van der Waals surface area contributed by atoms with E-state index in [0.717, 1.165) is 29.9 Å². The predicted molar refractivity (Wildman–Crippen MR) is 93.1 cm³/mol. The number of anilines is 2. The number of methoxy groups -OCH3 is 1. The topological polar surface area (TPSA) is 63.2 Å². The summed E-state index contributed by atoms with van der Waals surface area (Å²) < 4.78 is 5.01. The summed E-state index contributed by atoms with van der Waals surface area (Å²) in [5.74, 6) is -0.165. The summed E-state index contributed by atoms with van der Waals surface area (Å²) in [5, 5.41) is 6.14. The van der Waals surface area contributed by atoms with Crippen LogP contribution in [0.25, 0.3) is 0 Å². The number of ether oxygens (including phenoxy) is 1. The lowest BCUT2D eigenvalue weighted by molar-refractivity contribution is 0.102. The molecule has 5 heteroatoms. The number of aryl methyl sites for hydroxylation is 2. The van der Waals surface area contributed by atoms with Gasteiger partial charge in [-0.3, -0.25) is 9.78 Å². The second-order valence-corrected chi connectivity index (χ2v) is 5.49. The van der Waals surface area contributed by atoms with Gasteiger partial charge >= 0.3 is 0 Å². The molecular formula is C18H23N3O2. The first-order valence-electron chi connectivity index (χ1n) is 7.66. The van der Waals surface area contributed by atoms with Crippen LogP contribution in [0.2, 0.25) is 0 Å². The average molecular weight is 313 g/mol. The second-order valence-electron chi connectivity index (χ2n) is 5.49. The number of rotatable bonds is 7. The van der Waals surface area contributed by atoms with E-state index in [-0.39, 0.29) is 5.91 Å². The summed E-state index contributed by atoms with van der Waals surface area (Å²) >= 11 is 0. The molecule has 1 aromatic carbocycles. The molecule has 0 aliphatic heterocycles. The van der Waals surface area contributed by atoms with Crippen LogP contribution < -0.4 is 10.6 Å². The molecule has 1 aromatic heterocycles. The fourth-order valence-corrected chi connectivity index (χ4v) is 2.13. The Bertz CT molecular complexity index is 671. The van der Waals surface area contributed by atoms with Gasteiger partial charge in [0.2, 0.25) is 0 Å². The lowest BCUT2D eigenvalue weighted by atomic mass is 10.1. The fraction of sp³-hybridized carbons (Fsp3) is 0.333. The van der Waals surface area contributed by atoms with Crippen molar-refractivity contribution in [2.24, 2.45) is 0 Å². The smallest absolute Gasteiger partial charge is 0.257 e. The van der Waals surface area contributed by atoms with Gasteiger partial charge in [0.05, 0.1) is 11.3 Å². The Balaban J connectivity index is 2.00. The van der Waals surface area contributed by atoms with Crippen LogP contribution in [0.4, 0.5) is 11.4 Å². The van der Waals surface area contributed by atoms with Gasteiger partial charge in [-0.1, -0.05) is 6.07 Å². The van der Waals surface area contributed by atoms with E-state index >= 15 is 0 Å². The maximum absolute atomic E-state index is 12.3. The number of carbonyl (C=O) groups is 1. The van der Waals surface area contributed by atoms with E-state index in [1.807, 2.05) is 32.0 Å². The summed E-state index contributed by atoms with van der Waals surface area (Å²) in [5.41, 5.74) is 4.49. The van der Waals surface area contributed by atoms with E-state index in [1.54, 1.807) is 25.6 Å². The fourth-order valence-electron chi connectivity index (χ4n) is 2.13. The average Bonchev–Trinajstić information content (AvgIpc) is 2.55. The van der Waals surface area contributed by atoms with Gasteiger partial charge in [0.1, 0.15) is 0 Å². The number of carbonyl (C=O) groups excluding carboxylic acids is 1. The molecule has 0 saturated heterocycles. The monoisotopic (exact) mass is 313 g/mol. The largest absolute Gasteiger partial charge is 0.385 e. The third kappa shape index (κ3) is 5.07. The minimum absolute atomic E-state index is 0.165. The minimum atomic E-state index is -0.165. The number of pyridine rings is 1. The SMILES string of the molecule is COCCCNc1cncc(C(=O)Nc2ccc(C)c(C)c2)c1. The quantitative estimate of drug-likeness (QED) is 0.769. The van der Waals surface area contributed by atoms with Crippen molar-refractivity contribution in [2.75, 3.05) is 30.9 Å². The van der Waals surface area contributed by atoms with Crippen molar-refractivity contribution in [2.45, 2.75) is 20.3 Å². The highest BCUT2D eigenvalue weighted by Crippen LogP contribution is 2.16. The van der Waals surface area contributed by atoms with Gasteiger partial charge in [0, 0.05) is 38.3 Å². The van der Waals surface area contributed by atoms with E-state index < -0.39 is 0 Å². The van der Waals surface area contributed by atoms with Crippen molar-refractivity contribution in [1.82, 2.24) is 4.98 Å². The number of nitrogens with zero attached hydrogens (tertiary/aromatic N) is 1. The molecule has 0 aliphatic rings. The van der Waals surface area contributed by atoms with Gasteiger partial charge in [-0.05, 0) is 49.6 Å². The third-order valence-electron chi connectivity index (χ3n) is 3.62. The molecule has 23 heavy (non-hydrogen) atoms. The van der Waals surface area contributed by atoms with Crippen molar-refractivity contribution in [3.05, 3.63) is 53.3 Å². The summed E-state index contributed by atoms with van der Waals surface area (Å²) in [6.45, 7) is 5.55. The minimum Gasteiger partial charge on any atom is -0.385 e. The molecule has 0 aliphatic carbocycles. The van der Waals surface area contributed by atoms with Crippen LogP contribution in [0.15, 0.2) is 36.7 Å². The highest BCUT2D eigenvalue weighted by molar-refractivity contribution is 6.04. The number of benzene rings is 1. The number of hydrogen-bond donors (Lipinski definition) is 2. The molecule has 2 aromatic rings. The zero-order chi connectivity index (χ0) is 16.7. The normalized spacial score (nSPS) is 10.4. The molecule has 2 rings (SSSR count). The molecule has 0 radical (unpaired) electrons. The number of aromatic nitrogens is 1. The molecule has 1 heterocycles. The zero-order valence-corrected chi connectivity index (χ0v) is 13.8. The number of amides is 1. The Morgan fingerprint density at radius 2 is 1.96 bits per heavy atom. The Morgan fingerprint density at radius 3 is 2.70 bits per heavy atom. The van der Waals surface area contributed by atoms with Gasteiger partial charge < -0.3 is 15.4 Å². The van der Waals surface area contributed by atoms with E-state index in [2.05, 4.69) is 15.6 Å². The van der Waals surface area contributed by atoms with Crippen LogP contribution in [0.1, 0.15) is 27.9 Å². The molecule has 0 bridgehead atoms. The third-order valence-corrected chi connectivity index (χ3v) is 3.62. The highest BCUT2D eigenvalue weighted by Gasteiger charge is 2.08. The van der Waals surface area contributed by atoms with E-state index in [0.29, 0.717) is 12.2 Å². The van der Waals surface area contributed by atoms with Crippen LogP contribution in [-0.2, 0) is 4.74 Å². The first kappa shape index (κ1) is 17.0.